The summed E-state index contributed by atoms with van der Waals surface area (Å²) in [6.45, 7) is 1.13. The molecule has 0 spiro atoms. The number of hydrogen-bond donors (Lipinski definition) is 1. The molecule has 144 valence electrons. The molecule has 0 aliphatic carbocycles. The van der Waals surface area contributed by atoms with Crippen molar-refractivity contribution < 1.29 is 17.6 Å². The van der Waals surface area contributed by atoms with E-state index < -0.39 is 9.84 Å². The summed E-state index contributed by atoms with van der Waals surface area (Å²) in [6, 6.07) is 9.98. The van der Waals surface area contributed by atoms with Crippen LogP contribution in [0.2, 0.25) is 0 Å². The van der Waals surface area contributed by atoms with Gasteiger partial charge in [0, 0.05) is 25.8 Å². The number of hydrogen-bond acceptors (Lipinski definition) is 5. The van der Waals surface area contributed by atoms with Gasteiger partial charge in [0.05, 0.1) is 17.1 Å². The quantitative estimate of drug-likeness (QED) is 0.763. The summed E-state index contributed by atoms with van der Waals surface area (Å²) in [6.07, 6.45) is 3.09. The molecule has 1 aromatic carbocycles. The van der Waals surface area contributed by atoms with Crippen LogP contribution in [0.1, 0.15) is 22.3 Å². The number of halogens is 1. The summed E-state index contributed by atoms with van der Waals surface area (Å²) in [5.74, 6) is 0.254. The van der Waals surface area contributed by atoms with Gasteiger partial charge in [-0.3, -0.25) is 4.79 Å². The molecule has 0 radical (unpaired) electrons. The van der Waals surface area contributed by atoms with Crippen molar-refractivity contribution in [1.29, 1.82) is 0 Å². The zero-order chi connectivity index (χ0) is 19.3. The molecule has 1 N–H and O–H groups in total. The number of nitrogens with zero attached hydrogens (tertiary/aromatic N) is 2. The maximum Gasteiger partial charge on any atom is 0.255 e. The first-order chi connectivity index (χ1) is 12.9. The number of benzene rings is 1. The molecule has 0 saturated carbocycles. The minimum Gasteiger partial charge on any atom is -0.370 e. The number of pyridine rings is 1. The van der Waals surface area contributed by atoms with Gasteiger partial charge in [0.2, 0.25) is 0 Å². The maximum atomic E-state index is 13.1. The lowest BCUT2D eigenvalue weighted by Crippen LogP contribution is -2.43. The van der Waals surface area contributed by atoms with E-state index in [0.717, 1.165) is 18.4 Å². The Hall–Kier alpha value is -2.48. The molecule has 3 rings (SSSR count). The molecule has 27 heavy (non-hydrogen) atoms. The standard InChI is InChI=1S/C19H22FN3O3S/c20-17-5-1-3-15(13-17)4-2-8-21-18-7-6-16(14-22-18)19(24)23-9-11-27(25,26)12-10-23/h1,3,5-7,13-14H,2,4,8-12H2,(H,21,22). The van der Waals surface area contributed by atoms with Crippen LogP contribution in [0.25, 0.3) is 0 Å². The second-order valence-electron chi connectivity index (χ2n) is 6.54. The molecule has 8 heteroatoms. The van der Waals surface area contributed by atoms with Crippen LogP contribution in [0.5, 0.6) is 0 Å². The number of carbonyl (C=O) groups is 1. The average Bonchev–Trinajstić information content (AvgIpc) is 2.65. The minimum atomic E-state index is -3.01. The molecule has 1 aliphatic rings. The Labute approximate surface area is 158 Å². The number of rotatable bonds is 6. The van der Waals surface area contributed by atoms with E-state index in [1.54, 1.807) is 23.1 Å². The van der Waals surface area contributed by atoms with Gasteiger partial charge >= 0.3 is 0 Å². The van der Waals surface area contributed by atoms with Crippen LogP contribution in [0.4, 0.5) is 10.2 Å². The molecule has 1 aliphatic heterocycles. The van der Waals surface area contributed by atoms with E-state index >= 15 is 0 Å². The monoisotopic (exact) mass is 391 g/mol. The summed E-state index contributed by atoms with van der Waals surface area (Å²) < 4.78 is 36.0. The normalized spacial score (nSPS) is 16.1. The van der Waals surface area contributed by atoms with Gasteiger partial charge in [-0.05, 0) is 42.7 Å². The number of aromatic nitrogens is 1. The molecular formula is C19H22FN3O3S. The molecule has 2 heterocycles. The van der Waals surface area contributed by atoms with Crippen LogP contribution in [0, 0.1) is 5.82 Å². The molecular weight excluding hydrogens is 369 g/mol. The van der Waals surface area contributed by atoms with Gasteiger partial charge in [0.1, 0.15) is 11.6 Å². The van der Waals surface area contributed by atoms with E-state index in [2.05, 4.69) is 10.3 Å². The summed E-state index contributed by atoms with van der Waals surface area (Å²) >= 11 is 0. The molecule has 2 aromatic rings. The third-order valence-electron chi connectivity index (χ3n) is 4.48. The van der Waals surface area contributed by atoms with Crippen molar-refractivity contribution in [2.24, 2.45) is 0 Å². The Morgan fingerprint density at radius 3 is 2.63 bits per heavy atom. The predicted octanol–water partition coefficient (Wildman–Crippen LogP) is 2.14. The zero-order valence-electron chi connectivity index (χ0n) is 14.9. The highest BCUT2D eigenvalue weighted by Gasteiger charge is 2.25. The van der Waals surface area contributed by atoms with E-state index in [0.29, 0.717) is 17.9 Å². The Balaban J connectivity index is 1.46. The van der Waals surface area contributed by atoms with Crippen molar-refractivity contribution in [3.8, 4) is 0 Å². The highest BCUT2D eigenvalue weighted by Crippen LogP contribution is 2.12. The lowest BCUT2D eigenvalue weighted by molar-refractivity contribution is 0.0770. The fourth-order valence-electron chi connectivity index (χ4n) is 2.92. The number of aryl methyl sites for hydroxylation is 1. The van der Waals surface area contributed by atoms with Crippen molar-refractivity contribution in [2.75, 3.05) is 36.5 Å². The van der Waals surface area contributed by atoms with E-state index in [1.807, 2.05) is 6.07 Å². The first-order valence-electron chi connectivity index (χ1n) is 8.87. The lowest BCUT2D eigenvalue weighted by atomic mass is 10.1. The average molecular weight is 391 g/mol. The van der Waals surface area contributed by atoms with Crippen molar-refractivity contribution in [1.82, 2.24) is 9.88 Å². The van der Waals surface area contributed by atoms with Crippen LogP contribution in [0.3, 0.4) is 0 Å². The van der Waals surface area contributed by atoms with Crippen molar-refractivity contribution in [3.63, 3.8) is 0 Å². The van der Waals surface area contributed by atoms with E-state index in [-0.39, 0.29) is 36.3 Å². The largest absolute Gasteiger partial charge is 0.370 e. The number of carbonyl (C=O) groups excluding carboxylic acids is 1. The Bertz CT molecular complexity index is 887. The van der Waals surface area contributed by atoms with Crippen LogP contribution < -0.4 is 5.32 Å². The summed E-state index contributed by atoms with van der Waals surface area (Å²) in [7, 11) is -3.01. The second-order valence-corrected chi connectivity index (χ2v) is 8.84. The summed E-state index contributed by atoms with van der Waals surface area (Å²) in [5.41, 5.74) is 1.40. The highest BCUT2D eigenvalue weighted by atomic mass is 32.2. The number of nitrogens with one attached hydrogen (secondary N) is 1. The van der Waals surface area contributed by atoms with Gasteiger partial charge in [-0.1, -0.05) is 12.1 Å². The first kappa shape index (κ1) is 19.3. The summed E-state index contributed by atoms with van der Waals surface area (Å²) in [4.78, 5) is 18.2. The van der Waals surface area contributed by atoms with Crippen molar-refractivity contribution in [3.05, 3.63) is 59.5 Å². The van der Waals surface area contributed by atoms with E-state index in [1.165, 1.54) is 18.3 Å². The molecule has 1 amide bonds. The van der Waals surface area contributed by atoms with Crippen LogP contribution in [-0.2, 0) is 16.3 Å². The predicted molar refractivity (Wildman–Crippen MR) is 102 cm³/mol. The highest BCUT2D eigenvalue weighted by molar-refractivity contribution is 7.91. The van der Waals surface area contributed by atoms with Crippen LogP contribution >= 0.6 is 0 Å². The Kier molecular flexibility index (Phi) is 6.05. The van der Waals surface area contributed by atoms with Crippen molar-refractivity contribution >= 4 is 21.6 Å². The SMILES string of the molecule is O=C(c1ccc(NCCCc2cccc(F)c2)nc1)N1CCS(=O)(=O)CC1. The molecule has 0 unspecified atom stereocenters. The third-order valence-corrected chi connectivity index (χ3v) is 6.09. The molecule has 1 aromatic heterocycles. The first-order valence-corrected chi connectivity index (χ1v) is 10.7. The van der Waals surface area contributed by atoms with Crippen LogP contribution in [-0.4, -0.2) is 55.3 Å². The van der Waals surface area contributed by atoms with Gasteiger partial charge in [0.25, 0.3) is 5.91 Å². The number of sulfone groups is 1. The van der Waals surface area contributed by atoms with Crippen molar-refractivity contribution in [2.45, 2.75) is 12.8 Å². The fraction of sp³-hybridized carbons (Fsp3) is 0.368. The molecule has 1 saturated heterocycles. The molecule has 0 atom stereocenters. The lowest BCUT2D eigenvalue weighted by Gasteiger charge is -2.26. The minimum absolute atomic E-state index is 0.0110. The molecule has 0 bridgehead atoms. The number of anilines is 1. The van der Waals surface area contributed by atoms with Gasteiger partial charge in [-0.15, -0.1) is 0 Å². The molecule has 1 fully saturated rings. The van der Waals surface area contributed by atoms with Crippen LogP contribution in [0.15, 0.2) is 42.6 Å². The smallest absolute Gasteiger partial charge is 0.255 e. The summed E-state index contributed by atoms with van der Waals surface area (Å²) in [5, 5.41) is 3.18. The van der Waals surface area contributed by atoms with Gasteiger partial charge < -0.3 is 10.2 Å². The zero-order valence-corrected chi connectivity index (χ0v) is 15.7. The second kappa shape index (κ2) is 8.47. The maximum absolute atomic E-state index is 13.1. The van der Waals surface area contributed by atoms with E-state index in [9.17, 15) is 17.6 Å². The van der Waals surface area contributed by atoms with Gasteiger partial charge in [-0.25, -0.2) is 17.8 Å². The van der Waals surface area contributed by atoms with Gasteiger partial charge in [-0.2, -0.15) is 0 Å². The topological polar surface area (TPSA) is 79.4 Å². The Morgan fingerprint density at radius 1 is 1.19 bits per heavy atom. The van der Waals surface area contributed by atoms with E-state index in [4.69, 9.17) is 0 Å². The number of amides is 1. The van der Waals surface area contributed by atoms with Gasteiger partial charge in [0.15, 0.2) is 9.84 Å². The fourth-order valence-corrected chi connectivity index (χ4v) is 4.13. The Morgan fingerprint density at radius 2 is 1.96 bits per heavy atom. The third kappa shape index (κ3) is 5.50. The molecule has 6 nitrogen and oxygen atoms in total.